The van der Waals surface area contributed by atoms with Crippen LogP contribution in [-0.4, -0.2) is 32.8 Å². The molecule has 0 saturated heterocycles. The van der Waals surface area contributed by atoms with Gasteiger partial charge in [0.2, 0.25) is 10.0 Å². The molecule has 0 aliphatic heterocycles. The summed E-state index contributed by atoms with van der Waals surface area (Å²) in [5.41, 5.74) is 0. The van der Waals surface area contributed by atoms with Crippen LogP contribution in [0.5, 0.6) is 5.75 Å². The largest absolute Gasteiger partial charge is 0.494 e. The van der Waals surface area contributed by atoms with Gasteiger partial charge in [0.25, 0.3) is 0 Å². The Bertz CT molecular complexity index is 511. The molecule has 1 aromatic rings. The Balaban J connectivity index is 2.75. The normalized spacial score (nSPS) is 13.4. The van der Waals surface area contributed by atoms with E-state index in [1.54, 1.807) is 12.1 Å². The number of rotatable bonds is 9. The first-order valence-electron chi connectivity index (χ1n) is 7.26. The van der Waals surface area contributed by atoms with Crippen molar-refractivity contribution in [3.8, 4) is 5.75 Å². The molecule has 0 aromatic heterocycles. The molecule has 21 heavy (non-hydrogen) atoms. The molecular formula is C15H25NO4S. The molecule has 5 nitrogen and oxygen atoms in total. The third kappa shape index (κ3) is 5.65. The minimum absolute atomic E-state index is 0.0734. The molecule has 0 bridgehead atoms. The lowest BCUT2D eigenvalue weighted by atomic mass is 10.0. The van der Waals surface area contributed by atoms with Crippen LogP contribution in [0.2, 0.25) is 0 Å². The van der Waals surface area contributed by atoms with E-state index >= 15 is 0 Å². The summed E-state index contributed by atoms with van der Waals surface area (Å²) in [5, 5.41) is 8.68. The van der Waals surface area contributed by atoms with Crippen LogP contribution in [0.4, 0.5) is 0 Å². The van der Waals surface area contributed by atoms with Crippen molar-refractivity contribution < 1.29 is 18.3 Å². The summed E-state index contributed by atoms with van der Waals surface area (Å²) in [5.74, 6) is 0.837. The maximum atomic E-state index is 12.3. The lowest BCUT2D eigenvalue weighted by Gasteiger charge is -2.20. The molecular weight excluding hydrogens is 290 g/mol. The molecule has 0 fully saturated rings. The highest BCUT2D eigenvalue weighted by atomic mass is 32.2. The van der Waals surface area contributed by atoms with E-state index in [2.05, 4.69) is 4.72 Å². The van der Waals surface area contributed by atoms with Crippen LogP contribution in [0.25, 0.3) is 0 Å². The summed E-state index contributed by atoms with van der Waals surface area (Å²) in [7, 11) is -3.50. The van der Waals surface area contributed by atoms with E-state index in [1.807, 2.05) is 20.8 Å². The van der Waals surface area contributed by atoms with Gasteiger partial charge in [0.05, 0.1) is 11.5 Å². The van der Waals surface area contributed by atoms with Gasteiger partial charge in [-0.05, 0) is 36.6 Å². The van der Waals surface area contributed by atoms with Gasteiger partial charge in [0.1, 0.15) is 5.75 Å². The number of aliphatic hydroxyl groups is 1. The molecule has 2 N–H and O–H groups in total. The molecule has 0 saturated carbocycles. The number of sulfonamides is 1. The predicted molar refractivity (Wildman–Crippen MR) is 82.9 cm³/mol. The summed E-state index contributed by atoms with van der Waals surface area (Å²) in [6, 6.07) is 6.24. The smallest absolute Gasteiger partial charge is 0.240 e. The lowest BCUT2D eigenvalue weighted by molar-refractivity contribution is 0.233. The van der Waals surface area contributed by atoms with Gasteiger partial charge in [-0.3, -0.25) is 0 Å². The highest BCUT2D eigenvalue weighted by molar-refractivity contribution is 7.89. The molecule has 0 spiro atoms. The van der Waals surface area contributed by atoms with E-state index in [0.717, 1.165) is 6.42 Å². The Labute approximate surface area is 127 Å². The summed E-state index contributed by atoms with van der Waals surface area (Å²) >= 11 is 0. The summed E-state index contributed by atoms with van der Waals surface area (Å²) in [4.78, 5) is 0.233. The first kappa shape index (κ1) is 17.9. The second-order valence-electron chi connectivity index (χ2n) is 5.28. The monoisotopic (exact) mass is 315 g/mol. The average molecular weight is 315 g/mol. The van der Waals surface area contributed by atoms with Gasteiger partial charge in [-0.1, -0.05) is 20.8 Å². The molecule has 0 amide bonds. The quantitative estimate of drug-likeness (QED) is 0.685. The third-order valence-electron chi connectivity index (χ3n) is 3.26. The molecule has 1 aromatic carbocycles. The van der Waals surface area contributed by atoms with Crippen molar-refractivity contribution in [3.63, 3.8) is 0 Å². The fourth-order valence-corrected chi connectivity index (χ4v) is 3.40. The van der Waals surface area contributed by atoms with Gasteiger partial charge in [-0.2, -0.15) is 0 Å². The van der Waals surface area contributed by atoms with Crippen molar-refractivity contribution in [3.05, 3.63) is 24.3 Å². The maximum absolute atomic E-state index is 12.3. The Morgan fingerprint density at radius 1 is 1.24 bits per heavy atom. The first-order chi connectivity index (χ1) is 9.90. The van der Waals surface area contributed by atoms with Gasteiger partial charge in [-0.25, -0.2) is 13.1 Å². The molecule has 0 radical (unpaired) electrons. The summed E-state index contributed by atoms with van der Waals surface area (Å²) in [6.07, 6.45) is 1.30. The molecule has 1 rings (SSSR count). The topological polar surface area (TPSA) is 75.6 Å². The van der Waals surface area contributed by atoms with Crippen LogP contribution < -0.4 is 9.46 Å². The number of ether oxygens (including phenoxy) is 1. The zero-order chi connectivity index (χ0) is 15.9. The standard InChI is InChI=1S/C15H25NO4S/c1-4-15(12(2)3)16-21(18,19)14-8-6-13(7-9-14)20-11-5-10-17/h6-9,12,15-17H,4-5,10-11H2,1-3H3. The fourth-order valence-electron chi connectivity index (χ4n) is 1.93. The van der Waals surface area contributed by atoms with Crippen molar-refractivity contribution in [1.82, 2.24) is 4.72 Å². The predicted octanol–water partition coefficient (Wildman–Crippen LogP) is 2.16. The zero-order valence-corrected chi connectivity index (χ0v) is 13.7. The Kier molecular flexibility index (Phi) is 7.14. The zero-order valence-electron chi connectivity index (χ0n) is 12.9. The van der Waals surface area contributed by atoms with E-state index < -0.39 is 10.0 Å². The molecule has 6 heteroatoms. The van der Waals surface area contributed by atoms with E-state index in [1.165, 1.54) is 12.1 Å². The van der Waals surface area contributed by atoms with Crippen molar-refractivity contribution in [2.75, 3.05) is 13.2 Å². The molecule has 1 unspecified atom stereocenters. The maximum Gasteiger partial charge on any atom is 0.240 e. The number of hydrogen-bond donors (Lipinski definition) is 2. The van der Waals surface area contributed by atoms with E-state index in [-0.39, 0.29) is 23.5 Å². The van der Waals surface area contributed by atoms with Crippen LogP contribution >= 0.6 is 0 Å². The average Bonchev–Trinajstić information content (AvgIpc) is 2.45. The van der Waals surface area contributed by atoms with Gasteiger partial charge < -0.3 is 9.84 Å². The Morgan fingerprint density at radius 3 is 2.33 bits per heavy atom. The molecule has 0 aliphatic carbocycles. The van der Waals surface area contributed by atoms with Gasteiger partial charge >= 0.3 is 0 Å². The van der Waals surface area contributed by atoms with E-state index in [9.17, 15) is 8.42 Å². The molecule has 0 heterocycles. The SMILES string of the molecule is CCC(NS(=O)(=O)c1ccc(OCCCO)cc1)C(C)C. The van der Waals surface area contributed by atoms with Crippen LogP contribution in [0, 0.1) is 5.92 Å². The number of hydrogen-bond acceptors (Lipinski definition) is 4. The van der Waals surface area contributed by atoms with Crippen LogP contribution in [0.3, 0.4) is 0 Å². The number of aliphatic hydroxyl groups excluding tert-OH is 1. The molecule has 0 aliphatic rings. The highest BCUT2D eigenvalue weighted by Crippen LogP contribution is 2.18. The number of benzene rings is 1. The molecule has 120 valence electrons. The van der Waals surface area contributed by atoms with Crippen LogP contribution in [0.1, 0.15) is 33.6 Å². The van der Waals surface area contributed by atoms with E-state index in [4.69, 9.17) is 9.84 Å². The van der Waals surface area contributed by atoms with E-state index in [0.29, 0.717) is 18.8 Å². The first-order valence-corrected chi connectivity index (χ1v) is 8.75. The minimum Gasteiger partial charge on any atom is -0.494 e. The summed E-state index contributed by atoms with van der Waals surface area (Å²) in [6.45, 7) is 6.44. The Hall–Kier alpha value is -1.11. The lowest BCUT2D eigenvalue weighted by Crippen LogP contribution is -2.37. The third-order valence-corrected chi connectivity index (χ3v) is 4.76. The van der Waals surface area contributed by atoms with Crippen molar-refractivity contribution >= 4 is 10.0 Å². The second-order valence-corrected chi connectivity index (χ2v) is 6.99. The van der Waals surface area contributed by atoms with Crippen LogP contribution in [0.15, 0.2) is 29.2 Å². The van der Waals surface area contributed by atoms with Crippen molar-refractivity contribution in [1.29, 1.82) is 0 Å². The Morgan fingerprint density at radius 2 is 1.86 bits per heavy atom. The fraction of sp³-hybridized carbons (Fsp3) is 0.600. The van der Waals surface area contributed by atoms with Crippen molar-refractivity contribution in [2.45, 2.75) is 44.6 Å². The van der Waals surface area contributed by atoms with Crippen molar-refractivity contribution in [2.24, 2.45) is 5.92 Å². The van der Waals surface area contributed by atoms with Gasteiger partial charge in [0.15, 0.2) is 0 Å². The molecule has 1 atom stereocenters. The van der Waals surface area contributed by atoms with Gasteiger partial charge in [-0.15, -0.1) is 0 Å². The second kappa shape index (κ2) is 8.36. The van der Waals surface area contributed by atoms with Gasteiger partial charge in [0, 0.05) is 19.1 Å². The minimum atomic E-state index is -3.50. The number of nitrogens with one attached hydrogen (secondary N) is 1. The van der Waals surface area contributed by atoms with Crippen LogP contribution in [-0.2, 0) is 10.0 Å². The summed E-state index contributed by atoms with van der Waals surface area (Å²) < 4.78 is 32.7. The highest BCUT2D eigenvalue weighted by Gasteiger charge is 2.21.